The molecule has 1 aromatic rings. The fourth-order valence-electron chi connectivity index (χ4n) is 2.99. The average molecular weight is 260 g/mol. The third-order valence-electron chi connectivity index (χ3n) is 3.79. The van der Waals surface area contributed by atoms with E-state index in [1.807, 2.05) is 29.2 Å². The highest BCUT2D eigenvalue weighted by molar-refractivity contribution is 5.94. The monoisotopic (exact) mass is 260 g/mol. The number of nitrogens with two attached hydrogens (primary N) is 1. The SMILES string of the molecule is CC1CC(C)CN(C(=O)c2ccc(CCN)cc2)C1. The fourth-order valence-corrected chi connectivity index (χ4v) is 2.99. The van der Waals surface area contributed by atoms with E-state index in [4.69, 9.17) is 5.73 Å². The van der Waals surface area contributed by atoms with Crippen molar-refractivity contribution in [1.82, 2.24) is 4.90 Å². The summed E-state index contributed by atoms with van der Waals surface area (Å²) in [5, 5.41) is 0. The van der Waals surface area contributed by atoms with E-state index in [0.29, 0.717) is 18.4 Å². The molecule has 1 saturated heterocycles. The fraction of sp³-hybridized carbons (Fsp3) is 0.562. The number of amides is 1. The number of carbonyl (C=O) groups is 1. The number of likely N-dealkylation sites (tertiary alicyclic amines) is 1. The molecule has 1 fully saturated rings. The van der Waals surface area contributed by atoms with Crippen LogP contribution in [0.15, 0.2) is 24.3 Å². The molecule has 1 aliphatic rings. The van der Waals surface area contributed by atoms with Crippen LogP contribution in [-0.4, -0.2) is 30.4 Å². The highest BCUT2D eigenvalue weighted by Gasteiger charge is 2.25. The maximum atomic E-state index is 12.5. The molecule has 2 N–H and O–H groups in total. The number of carbonyl (C=O) groups excluding carboxylic acids is 1. The Morgan fingerprint density at radius 2 is 1.79 bits per heavy atom. The summed E-state index contributed by atoms with van der Waals surface area (Å²) in [6.07, 6.45) is 2.09. The van der Waals surface area contributed by atoms with Gasteiger partial charge in [0.1, 0.15) is 0 Å². The predicted molar refractivity (Wildman–Crippen MR) is 78.0 cm³/mol. The van der Waals surface area contributed by atoms with Gasteiger partial charge in [-0.3, -0.25) is 4.79 Å². The van der Waals surface area contributed by atoms with Gasteiger partial charge in [-0.1, -0.05) is 26.0 Å². The molecule has 0 aliphatic carbocycles. The van der Waals surface area contributed by atoms with E-state index in [0.717, 1.165) is 25.1 Å². The van der Waals surface area contributed by atoms with Crippen molar-refractivity contribution in [3.8, 4) is 0 Å². The largest absolute Gasteiger partial charge is 0.338 e. The van der Waals surface area contributed by atoms with Crippen molar-refractivity contribution in [2.75, 3.05) is 19.6 Å². The van der Waals surface area contributed by atoms with Gasteiger partial charge in [-0.15, -0.1) is 0 Å². The van der Waals surface area contributed by atoms with Gasteiger partial charge in [0.05, 0.1) is 0 Å². The van der Waals surface area contributed by atoms with E-state index in [2.05, 4.69) is 13.8 Å². The maximum Gasteiger partial charge on any atom is 0.253 e. The van der Waals surface area contributed by atoms with Crippen LogP contribution in [0.5, 0.6) is 0 Å². The maximum absolute atomic E-state index is 12.5. The van der Waals surface area contributed by atoms with Gasteiger partial charge in [-0.25, -0.2) is 0 Å². The third kappa shape index (κ3) is 3.57. The van der Waals surface area contributed by atoms with Crippen molar-refractivity contribution in [2.45, 2.75) is 26.7 Å². The van der Waals surface area contributed by atoms with E-state index in [9.17, 15) is 4.79 Å². The summed E-state index contributed by atoms with van der Waals surface area (Å²) in [7, 11) is 0. The zero-order valence-corrected chi connectivity index (χ0v) is 11.9. The lowest BCUT2D eigenvalue weighted by molar-refractivity contribution is 0.0623. The Morgan fingerprint density at radius 3 is 2.32 bits per heavy atom. The molecular formula is C16H24N2O. The van der Waals surface area contributed by atoms with Gasteiger partial charge in [0.2, 0.25) is 0 Å². The standard InChI is InChI=1S/C16H24N2O/c1-12-9-13(2)11-18(10-12)16(19)15-5-3-14(4-6-15)7-8-17/h3-6,12-13H,7-11,17H2,1-2H3. The summed E-state index contributed by atoms with van der Waals surface area (Å²) in [5.41, 5.74) is 7.52. The Hall–Kier alpha value is -1.35. The lowest BCUT2D eigenvalue weighted by Gasteiger charge is -2.35. The summed E-state index contributed by atoms with van der Waals surface area (Å²) in [5.74, 6) is 1.37. The molecule has 0 aromatic heterocycles. The molecule has 0 spiro atoms. The molecule has 0 saturated carbocycles. The predicted octanol–water partition coefficient (Wildman–Crippen LogP) is 2.31. The van der Waals surface area contributed by atoms with E-state index in [1.165, 1.54) is 12.0 Å². The Labute approximate surface area is 115 Å². The lowest BCUT2D eigenvalue weighted by Crippen LogP contribution is -2.42. The first-order valence-corrected chi connectivity index (χ1v) is 7.18. The molecule has 19 heavy (non-hydrogen) atoms. The van der Waals surface area contributed by atoms with Crippen molar-refractivity contribution in [1.29, 1.82) is 0 Å². The zero-order chi connectivity index (χ0) is 13.8. The van der Waals surface area contributed by atoms with Crippen molar-refractivity contribution in [2.24, 2.45) is 17.6 Å². The van der Waals surface area contributed by atoms with Gasteiger partial charge in [0, 0.05) is 18.7 Å². The summed E-state index contributed by atoms with van der Waals surface area (Å²) in [4.78, 5) is 14.5. The molecule has 1 aromatic carbocycles. The average Bonchev–Trinajstić information content (AvgIpc) is 2.38. The van der Waals surface area contributed by atoms with Crippen LogP contribution in [0.4, 0.5) is 0 Å². The quantitative estimate of drug-likeness (QED) is 0.906. The molecule has 104 valence electrons. The van der Waals surface area contributed by atoms with Crippen LogP contribution in [0, 0.1) is 11.8 Å². The van der Waals surface area contributed by atoms with Crippen LogP contribution in [0.2, 0.25) is 0 Å². The van der Waals surface area contributed by atoms with E-state index >= 15 is 0 Å². The Balaban J connectivity index is 2.06. The first-order chi connectivity index (χ1) is 9.10. The molecule has 1 amide bonds. The molecule has 0 bridgehead atoms. The van der Waals surface area contributed by atoms with E-state index < -0.39 is 0 Å². The second kappa shape index (κ2) is 6.20. The lowest BCUT2D eigenvalue weighted by atomic mass is 9.91. The summed E-state index contributed by atoms with van der Waals surface area (Å²) in [6.45, 7) is 6.86. The minimum atomic E-state index is 0.165. The number of nitrogens with zero attached hydrogens (tertiary/aromatic N) is 1. The molecule has 1 aliphatic heterocycles. The second-order valence-electron chi connectivity index (χ2n) is 5.89. The van der Waals surface area contributed by atoms with Crippen molar-refractivity contribution in [3.05, 3.63) is 35.4 Å². The van der Waals surface area contributed by atoms with Crippen molar-refractivity contribution >= 4 is 5.91 Å². The van der Waals surface area contributed by atoms with Crippen LogP contribution in [0.25, 0.3) is 0 Å². The molecule has 2 unspecified atom stereocenters. The third-order valence-corrected chi connectivity index (χ3v) is 3.79. The first-order valence-electron chi connectivity index (χ1n) is 7.18. The molecule has 2 atom stereocenters. The number of hydrogen-bond acceptors (Lipinski definition) is 2. The number of piperidine rings is 1. The molecule has 1 heterocycles. The highest BCUT2D eigenvalue weighted by Crippen LogP contribution is 2.22. The topological polar surface area (TPSA) is 46.3 Å². The Morgan fingerprint density at radius 1 is 1.21 bits per heavy atom. The van der Waals surface area contributed by atoms with Gasteiger partial charge in [0.15, 0.2) is 0 Å². The van der Waals surface area contributed by atoms with Gasteiger partial charge in [-0.05, 0) is 48.9 Å². The number of rotatable bonds is 3. The Bertz CT molecular complexity index is 417. The van der Waals surface area contributed by atoms with Crippen LogP contribution >= 0.6 is 0 Å². The second-order valence-corrected chi connectivity index (χ2v) is 5.89. The smallest absolute Gasteiger partial charge is 0.253 e. The summed E-state index contributed by atoms with van der Waals surface area (Å²) >= 11 is 0. The molecule has 2 rings (SSSR count). The summed E-state index contributed by atoms with van der Waals surface area (Å²) < 4.78 is 0. The van der Waals surface area contributed by atoms with E-state index in [-0.39, 0.29) is 5.91 Å². The van der Waals surface area contributed by atoms with Gasteiger partial charge < -0.3 is 10.6 Å². The minimum absolute atomic E-state index is 0.165. The molecular weight excluding hydrogens is 236 g/mol. The zero-order valence-electron chi connectivity index (χ0n) is 11.9. The van der Waals surface area contributed by atoms with E-state index in [1.54, 1.807) is 0 Å². The first kappa shape index (κ1) is 14.1. The van der Waals surface area contributed by atoms with Gasteiger partial charge in [0.25, 0.3) is 5.91 Å². The normalized spacial score (nSPS) is 23.4. The molecule has 3 nitrogen and oxygen atoms in total. The van der Waals surface area contributed by atoms with Crippen LogP contribution in [-0.2, 0) is 6.42 Å². The van der Waals surface area contributed by atoms with Crippen LogP contribution in [0.3, 0.4) is 0 Å². The van der Waals surface area contributed by atoms with Crippen LogP contribution < -0.4 is 5.73 Å². The van der Waals surface area contributed by atoms with Crippen LogP contribution in [0.1, 0.15) is 36.2 Å². The van der Waals surface area contributed by atoms with Crippen molar-refractivity contribution in [3.63, 3.8) is 0 Å². The highest BCUT2D eigenvalue weighted by atomic mass is 16.2. The van der Waals surface area contributed by atoms with Gasteiger partial charge >= 0.3 is 0 Å². The summed E-state index contributed by atoms with van der Waals surface area (Å²) in [6, 6.07) is 7.88. The van der Waals surface area contributed by atoms with Gasteiger partial charge in [-0.2, -0.15) is 0 Å². The number of hydrogen-bond donors (Lipinski definition) is 1. The Kier molecular flexibility index (Phi) is 4.59. The molecule has 3 heteroatoms. The van der Waals surface area contributed by atoms with Crippen molar-refractivity contribution < 1.29 is 4.79 Å². The number of benzene rings is 1. The minimum Gasteiger partial charge on any atom is -0.338 e. The molecule has 0 radical (unpaired) electrons.